The number of carbonyl (C=O) groups is 2. The summed E-state index contributed by atoms with van der Waals surface area (Å²) in [5.74, 6) is -0.248. The van der Waals surface area contributed by atoms with E-state index >= 15 is 0 Å². The second-order valence-electron chi connectivity index (χ2n) is 6.13. The highest BCUT2D eigenvalue weighted by Crippen LogP contribution is 2.29. The maximum atomic E-state index is 12.7. The van der Waals surface area contributed by atoms with E-state index in [1.54, 1.807) is 7.05 Å². The average Bonchev–Trinajstić information content (AvgIpc) is 3.29. The molecule has 26 heavy (non-hydrogen) atoms. The summed E-state index contributed by atoms with van der Waals surface area (Å²) < 4.78 is 0. The molecule has 1 N–H and O–H groups in total. The van der Waals surface area contributed by atoms with Gasteiger partial charge in [-0.05, 0) is 25.0 Å². The molecule has 2 aromatic rings. The van der Waals surface area contributed by atoms with E-state index < -0.39 is 6.04 Å². The molecule has 1 atom stereocenters. The van der Waals surface area contributed by atoms with E-state index in [1.807, 2.05) is 29.6 Å². The van der Waals surface area contributed by atoms with Gasteiger partial charge in [0.2, 0.25) is 5.91 Å². The third kappa shape index (κ3) is 3.68. The minimum absolute atomic E-state index is 0.114. The minimum Gasteiger partial charge on any atom is -0.326 e. The first-order valence-electron chi connectivity index (χ1n) is 8.27. The highest BCUT2D eigenvalue weighted by atomic mass is 32.1. The summed E-state index contributed by atoms with van der Waals surface area (Å²) in [6.45, 7) is 2.08. The maximum Gasteiger partial charge on any atom is 0.251 e. The lowest BCUT2D eigenvalue weighted by molar-refractivity contribution is -0.121. The fraction of sp³-hybridized carbons (Fsp3) is 0.333. The van der Waals surface area contributed by atoms with Gasteiger partial charge in [0.15, 0.2) is 11.3 Å². The molecular weight excluding hydrogens is 350 g/mol. The Kier molecular flexibility index (Phi) is 5.19. The van der Waals surface area contributed by atoms with Gasteiger partial charge in [-0.3, -0.25) is 19.4 Å². The first kappa shape index (κ1) is 17.9. The Labute approximate surface area is 155 Å². The quantitative estimate of drug-likeness (QED) is 0.837. The Morgan fingerprint density at radius 2 is 2.27 bits per heavy atom. The Bertz CT molecular complexity index is 872. The fourth-order valence-electron chi connectivity index (χ4n) is 2.97. The molecule has 7 nitrogen and oxygen atoms in total. The molecule has 1 unspecified atom stereocenters. The lowest BCUT2D eigenvalue weighted by Crippen LogP contribution is -2.42. The number of hydrogen-bond acceptors (Lipinski definition) is 6. The number of anilines is 2. The van der Waals surface area contributed by atoms with Crippen molar-refractivity contribution in [3.8, 4) is 17.5 Å². The van der Waals surface area contributed by atoms with Crippen molar-refractivity contribution in [1.29, 1.82) is 5.26 Å². The van der Waals surface area contributed by atoms with Gasteiger partial charge < -0.3 is 5.32 Å². The zero-order chi connectivity index (χ0) is 18.7. The molecule has 0 bridgehead atoms. The van der Waals surface area contributed by atoms with E-state index in [2.05, 4.69) is 16.5 Å². The molecule has 1 aliphatic rings. The molecule has 0 radical (unpaired) electrons. The van der Waals surface area contributed by atoms with Crippen molar-refractivity contribution >= 4 is 34.0 Å². The maximum absolute atomic E-state index is 12.7. The molecule has 2 amide bonds. The van der Waals surface area contributed by atoms with Crippen LogP contribution in [-0.2, 0) is 9.59 Å². The van der Waals surface area contributed by atoms with Gasteiger partial charge in [0.25, 0.3) is 5.91 Å². The summed E-state index contributed by atoms with van der Waals surface area (Å²) in [5, 5.41) is 14.3. The van der Waals surface area contributed by atoms with E-state index in [0.717, 1.165) is 17.7 Å². The number of likely N-dealkylation sites (tertiary alicyclic amines) is 1. The Morgan fingerprint density at radius 1 is 1.46 bits per heavy atom. The van der Waals surface area contributed by atoms with Crippen LogP contribution in [-0.4, -0.2) is 41.3 Å². The standard InChI is InChI=1S/C18H19N5O2S/c1-12(24)20-14-6-3-5-13(9-14)15-10-26-18(21-15)22(2)17(25)16-7-4-8-23(16)11-19/h3,5-6,9-10,16H,4,7-8H2,1-2H3,(H,20,24). The van der Waals surface area contributed by atoms with E-state index in [9.17, 15) is 9.59 Å². The first-order chi connectivity index (χ1) is 12.5. The van der Waals surface area contributed by atoms with Crippen molar-refractivity contribution in [3.05, 3.63) is 29.6 Å². The Balaban J connectivity index is 1.78. The lowest BCUT2D eigenvalue weighted by atomic mass is 10.1. The monoisotopic (exact) mass is 369 g/mol. The molecule has 1 aromatic carbocycles. The Morgan fingerprint density at radius 3 is 3.00 bits per heavy atom. The highest BCUT2D eigenvalue weighted by molar-refractivity contribution is 7.14. The molecule has 0 spiro atoms. The average molecular weight is 369 g/mol. The second-order valence-corrected chi connectivity index (χ2v) is 6.96. The summed E-state index contributed by atoms with van der Waals surface area (Å²) in [5.41, 5.74) is 2.30. The zero-order valence-electron chi connectivity index (χ0n) is 14.6. The summed E-state index contributed by atoms with van der Waals surface area (Å²) in [4.78, 5) is 31.5. The number of carbonyl (C=O) groups excluding carboxylic acids is 2. The number of likely N-dealkylation sites (N-methyl/N-ethyl adjacent to an activating group) is 1. The minimum atomic E-state index is -0.402. The van der Waals surface area contributed by atoms with Crippen molar-refractivity contribution in [2.45, 2.75) is 25.8 Å². The molecule has 3 rings (SSSR count). The predicted molar refractivity (Wildman–Crippen MR) is 101 cm³/mol. The molecule has 0 saturated carbocycles. The van der Waals surface area contributed by atoms with Crippen molar-refractivity contribution in [2.75, 3.05) is 23.8 Å². The van der Waals surface area contributed by atoms with Crippen LogP contribution < -0.4 is 10.2 Å². The predicted octanol–water partition coefficient (Wildman–Crippen LogP) is 2.68. The van der Waals surface area contributed by atoms with Crippen LogP contribution in [0.3, 0.4) is 0 Å². The van der Waals surface area contributed by atoms with Crippen molar-refractivity contribution in [2.24, 2.45) is 0 Å². The first-order valence-corrected chi connectivity index (χ1v) is 9.15. The number of aromatic nitrogens is 1. The van der Waals surface area contributed by atoms with Crippen LogP contribution in [0.25, 0.3) is 11.3 Å². The van der Waals surface area contributed by atoms with Crippen molar-refractivity contribution < 1.29 is 9.59 Å². The third-order valence-electron chi connectivity index (χ3n) is 4.25. The number of nitrogens with one attached hydrogen (secondary N) is 1. The lowest BCUT2D eigenvalue weighted by Gasteiger charge is -2.22. The van der Waals surface area contributed by atoms with Gasteiger partial charge in [-0.15, -0.1) is 11.3 Å². The molecule has 1 fully saturated rings. The van der Waals surface area contributed by atoms with Gasteiger partial charge in [-0.2, -0.15) is 5.26 Å². The number of rotatable bonds is 4. The number of amides is 2. The van der Waals surface area contributed by atoms with Crippen LogP contribution in [0, 0.1) is 11.5 Å². The fourth-order valence-corrected chi connectivity index (χ4v) is 3.78. The van der Waals surface area contributed by atoms with Gasteiger partial charge in [-0.1, -0.05) is 12.1 Å². The summed E-state index contributed by atoms with van der Waals surface area (Å²) in [7, 11) is 1.69. The normalized spacial score (nSPS) is 16.2. The number of thiazole rings is 1. The smallest absolute Gasteiger partial charge is 0.251 e. The molecule has 2 heterocycles. The van der Waals surface area contributed by atoms with Crippen LogP contribution in [0.15, 0.2) is 29.6 Å². The van der Waals surface area contributed by atoms with E-state index in [-0.39, 0.29) is 11.8 Å². The number of hydrogen-bond donors (Lipinski definition) is 1. The van der Waals surface area contributed by atoms with Crippen molar-refractivity contribution in [3.63, 3.8) is 0 Å². The van der Waals surface area contributed by atoms with E-state index in [4.69, 9.17) is 5.26 Å². The number of nitrogens with zero attached hydrogens (tertiary/aromatic N) is 4. The van der Waals surface area contributed by atoms with Crippen LogP contribution in [0.1, 0.15) is 19.8 Å². The van der Waals surface area contributed by atoms with Gasteiger partial charge in [-0.25, -0.2) is 4.98 Å². The number of nitriles is 1. The number of benzene rings is 1. The van der Waals surface area contributed by atoms with Gasteiger partial charge in [0.05, 0.1) is 5.69 Å². The topological polar surface area (TPSA) is 89.3 Å². The summed E-state index contributed by atoms with van der Waals surface area (Å²) in [6, 6.07) is 7.00. The third-order valence-corrected chi connectivity index (χ3v) is 5.17. The van der Waals surface area contributed by atoms with Gasteiger partial charge >= 0.3 is 0 Å². The zero-order valence-corrected chi connectivity index (χ0v) is 15.4. The SMILES string of the molecule is CC(=O)Nc1cccc(-c2csc(N(C)C(=O)C3CCCN3C#N)n2)c1. The second kappa shape index (κ2) is 7.54. The molecule has 134 valence electrons. The highest BCUT2D eigenvalue weighted by Gasteiger charge is 2.33. The van der Waals surface area contributed by atoms with Crippen LogP contribution in [0.5, 0.6) is 0 Å². The van der Waals surface area contributed by atoms with Crippen molar-refractivity contribution in [1.82, 2.24) is 9.88 Å². The summed E-state index contributed by atoms with van der Waals surface area (Å²) in [6.07, 6.45) is 3.62. The largest absolute Gasteiger partial charge is 0.326 e. The molecule has 1 aliphatic heterocycles. The van der Waals surface area contributed by atoms with Crippen LogP contribution in [0.2, 0.25) is 0 Å². The Hall–Kier alpha value is -2.92. The van der Waals surface area contributed by atoms with E-state index in [1.165, 1.54) is 28.1 Å². The molecule has 8 heteroatoms. The molecule has 0 aliphatic carbocycles. The van der Waals surface area contributed by atoms with Gasteiger partial charge in [0, 0.05) is 37.1 Å². The molecule has 1 saturated heterocycles. The molecule has 1 aromatic heterocycles. The van der Waals surface area contributed by atoms with Crippen LogP contribution in [0.4, 0.5) is 10.8 Å². The van der Waals surface area contributed by atoms with Crippen LogP contribution >= 0.6 is 11.3 Å². The summed E-state index contributed by atoms with van der Waals surface area (Å²) >= 11 is 1.37. The molecular formula is C18H19N5O2S. The van der Waals surface area contributed by atoms with Gasteiger partial charge in [0.1, 0.15) is 6.04 Å². The van der Waals surface area contributed by atoms with E-state index in [0.29, 0.717) is 23.8 Å².